The number of esters is 1. The summed E-state index contributed by atoms with van der Waals surface area (Å²) in [4.78, 5) is 35.6. The van der Waals surface area contributed by atoms with E-state index in [1.807, 2.05) is 51.1 Å². The zero-order valence-electron chi connectivity index (χ0n) is 17.3. The normalized spacial score (nSPS) is 12.2. The first-order valence-electron chi connectivity index (χ1n) is 9.56. The highest BCUT2D eigenvalue weighted by atomic mass is 32.1. The molecule has 2 aromatic heterocycles. The van der Waals surface area contributed by atoms with Gasteiger partial charge in [0, 0.05) is 11.1 Å². The second kappa shape index (κ2) is 8.69. The predicted molar refractivity (Wildman–Crippen MR) is 114 cm³/mol. The SMILES string of the molecule is Cc1nc(C)c2c(C)c(C(=O)NC(CC(=O)OC(C)C)c3ccccc3)sc2n1. The summed E-state index contributed by atoms with van der Waals surface area (Å²) in [6, 6.07) is 8.97. The number of aryl methyl sites for hydroxylation is 3. The first-order valence-corrected chi connectivity index (χ1v) is 10.4. The molecule has 1 atom stereocenters. The molecule has 0 saturated heterocycles. The van der Waals surface area contributed by atoms with Crippen LogP contribution in [0.5, 0.6) is 0 Å². The highest BCUT2D eigenvalue weighted by Gasteiger charge is 2.24. The monoisotopic (exact) mass is 411 g/mol. The fourth-order valence-electron chi connectivity index (χ4n) is 3.33. The van der Waals surface area contributed by atoms with E-state index in [9.17, 15) is 9.59 Å². The first-order chi connectivity index (χ1) is 13.8. The van der Waals surface area contributed by atoms with Gasteiger partial charge in [-0.3, -0.25) is 9.59 Å². The summed E-state index contributed by atoms with van der Waals surface area (Å²) in [6.07, 6.45) is -0.139. The molecule has 152 valence electrons. The fraction of sp³-hybridized carbons (Fsp3) is 0.364. The Bertz CT molecular complexity index is 1040. The van der Waals surface area contributed by atoms with Crippen LogP contribution in [0.4, 0.5) is 0 Å². The maximum atomic E-state index is 13.1. The van der Waals surface area contributed by atoms with E-state index < -0.39 is 6.04 Å². The van der Waals surface area contributed by atoms with Gasteiger partial charge in [0.2, 0.25) is 0 Å². The number of hydrogen-bond donors (Lipinski definition) is 1. The Hall–Kier alpha value is -2.80. The number of benzene rings is 1. The molecule has 0 spiro atoms. The predicted octanol–water partition coefficient (Wildman–Crippen LogP) is 4.43. The third-order valence-corrected chi connectivity index (χ3v) is 5.72. The summed E-state index contributed by atoms with van der Waals surface area (Å²) in [5, 5.41) is 3.93. The van der Waals surface area contributed by atoms with E-state index in [1.165, 1.54) is 11.3 Å². The number of nitrogens with zero attached hydrogens (tertiary/aromatic N) is 2. The van der Waals surface area contributed by atoms with E-state index >= 15 is 0 Å². The fourth-order valence-corrected chi connectivity index (χ4v) is 4.51. The summed E-state index contributed by atoms with van der Waals surface area (Å²) in [5.41, 5.74) is 2.57. The van der Waals surface area contributed by atoms with Crippen LogP contribution in [0.1, 0.15) is 58.6 Å². The minimum atomic E-state index is -0.478. The third kappa shape index (κ3) is 4.79. The molecule has 0 aliphatic carbocycles. The van der Waals surface area contributed by atoms with Crippen LogP contribution in [-0.4, -0.2) is 27.9 Å². The zero-order chi connectivity index (χ0) is 21.1. The minimum Gasteiger partial charge on any atom is -0.463 e. The lowest BCUT2D eigenvalue weighted by Gasteiger charge is -2.19. The van der Waals surface area contributed by atoms with Crippen LogP contribution in [0.2, 0.25) is 0 Å². The number of ether oxygens (including phenoxy) is 1. The molecule has 0 radical (unpaired) electrons. The van der Waals surface area contributed by atoms with Gasteiger partial charge < -0.3 is 10.1 Å². The van der Waals surface area contributed by atoms with Crippen molar-refractivity contribution < 1.29 is 14.3 Å². The van der Waals surface area contributed by atoms with Crippen LogP contribution in [0, 0.1) is 20.8 Å². The molecule has 3 aromatic rings. The van der Waals surface area contributed by atoms with E-state index in [-0.39, 0.29) is 24.4 Å². The molecule has 3 rings (SSSR count). The number of nitrogens with one attached hydrogen (secondary N) is 1. The van der Waals surface area contributed by atoms with Crippen molar-refractivity contribution in [3.05, 3.63) is 57.9 Å². The summed E-state index contributed by atoms with van der Waals surface area (Å²) >= 11 is 1.35. The number of carbonyl (C=O) groups is 2. The van der Waals surface area contributed by atoms with Gasteiger partial charge in [-0.1, -0.05) is 30.3 Å². The topological polar surface area (TPSA) is 81.2 Å². The molecular formula is C22H25N3O3S. The Balaban J connectivity index is 1.90. The number of rotatable bonds is 6. The van der Waals surface area contributed by atoms with Crippen molar-refractivity contribution in [3.8, 4) is 0 Å². The smallest absolute Gasteiger partial charge is 0.308 e. The van der Waals surface area contributed by atoms with Gasteiger partial charge in [0.25, 0.3) is 5.91 Å². The molecule has 1 N–H and O–H groups in total. The lowest BCUT2D eigenvalue weighted by atomic mass is 10.0. The molecule has 7 heteroatoms. The Morgan fingerprint density at radius 1 is 1.10 bits per heavy atom. The Morgan fingerprint density at radius 3 is 2.45 bits per heavy atom. The minimum absolute atomic E-state index is 0.0653. The summed E-state index contributed by atoms with van der Waals surface area (Å²) < 4.78 is 5.28. The first kappa shape index (κ1) is 20.9. The second-order valence-corrected chi connectivity index (χ2v) is 8.27. The summed E-state index contributed by atoms with van der Waals surface area (Å²) in [7, 11) is 0. The molecule has 2 heterocycles. The lowest BCUT2D eigenvalue weighted by Crippen LogP contribution is -2.31. The van der Waals surface area contributed by atoms with Crippen LogP contribution >= 0.6 is 11.3 Å². The number of amides is 1. The number of thiophene rings is 1. The van der Waals surface area contributed by atoms with Gasteiger partial charge in [-0.2, -0.15) is 0 Å². The lowest BCUT2D eigenvalue weighted by molar-refractivity contribution is -0.147. The van der Waals surface area contributed by atoms with Gasteiger partial charge in [-0.25, -0.2) is 9.97 Å². The number of aromatic nitrogens is 2. The van der Waals surface area contributed by atoms with Gasteiger partial charge in [0.15, 0.2) is 0 Å². The van der Waals surface area contributed by atoms with Gasteiger partial charge in [-0.05, 0) is 45.7 Å². The standard InChI is InChI=1S/C22H25N3O3S/c1-12(2)28-18(26)11-17(16-9-7-6-8-10-16)25-21(27)20-13(3)19-14(4)23-15(5)24-22(19)29-20/h6-10,12,17H,11H2,1-5H3,(H,25,27). The Morgan fingerprint density at radius 2 is 1.79 bits per heavy atom. The maximum absolute atomic E-state index is 13.1. The molecule has 0 bridgehead atoms. The van der Waals surface area contributed by atoms with E-state index in [0.29, 0.717) is 10.7 Å². The van der Waals surface area contributed by atoms with Crippen molar-refractivity contribution >= 4 is 33.4 Å². The molecule has 0 fully saturated rings. The highest BCUT2D eigenvalue weighted by molar-refractivity contribution is 7.20. The average molecular weight is 412 g/mol. The quantitative estimate of drug-likeness (QED) is 0.607. The average Bonchev–Trinajstić information content (AvgIpc) is 2.97. The van der Waals surface area contributed by atoms with Crippen molar-refractivity contribution in [2.24, 2.45) is 0 Å². The van der Waals surface area contributed by atoms with Gasteiger partial charge >= 0.3 is 5.97 Å². The molecule has 1 aromatic carbocycles. The van der Waals surface area contributed by atoms with Crippen molar-refractivity contribution in [2.45, 2.75) is 53.2 Å². The van der Waals surface area contributed by atoms with Crippen LogP contribution < -0.4 is 5.32 Å². The van der Waals surface area contributed by atoms with E-state index in [1.54, 1.807) is 13.8 Å². The van der Waals surface area contributed by atoms with E-state index in [2.05, 4.69) is 15.3 Å². The van der Waals surface area contributed by atoms with Gasteiger partial charge in [-0.15, -0.1) is 11.3 Å². The number of hydrogen-bond acceptors (Lipinski definition) is 6. The van der Waals surface area contributed by atoms with Gasteiger partial charge in [0.05, 0.1) is 23.4 Å². The molecule has 6 nitrogen and oxygen atoms in total. The second-order valence-electron chi connectivity index (χ2n) is 7.27. The van der Waals surface area contributed by atoms with Crippen LogP contribution in [0.25, 0.3) is 10.2 Å². The van der Waals surface area contributed by atoms with Crippen LogP contribution in [0.15, 0.2) is 30.3 Å². The largest absolute Gasteiger partial charge is 0.463 e. The van der Waals surface area contributed by atoms with Crippen LogP contribution in [0.3, 0.4) is 0 Å². The third-order valence-electron chi connectivity index (χ3n) is 4.53. The van der Waals surface area contributed by atoms with Crippen molar-refractivity contribution in [1.29, 1.82) is 0 Å². The molecular weight excluding hydrogens is 386 g/mol. The zero-order valence-corrected chi connectivity index (χ0v) is 18.1. The van der Waals surface area contributed by atoms with Crippen molar-refractivity contribution in [2.75, 3.05) is 0 Å². The summed E-state index contributed by atoms with van der Waals surface area (Å²) in [5.74, 6) is 0.107. The Kier molecular flexibility index (Phi) is 6.27. The van der Waals surface area contributed by atoms with Crippen molar-refractivity contribution in [1.82, 2.24) is 15.3 Å². The van der Waals surface area contributed by atoms with Crippen LogP contribution in [-0.2, 0) is 9.53 Å². The van der Waals surface area contributed by atoms with Crippen molar-refractivity contribution in [3.63, 3.8) is 0 Å². The Labute approximate surface area is 174 Å². The summed E-state index contributed by atoms with van der Waals surface area (Å²) in [6.45, 7) is 9.28. The van der Waals surface area contributed by atoms with Gasteiger partial charge in [0.1, 0.15) is 10.7 Å². The molecule has 0 saturated carbocycles. The molecule has 29 heavy (non-hydrogen) atoms. The molecule has 0 aliphatic rings. The molecule has 0 aliphatic heterocycles. The molecule has 1 amide bonds. The van der Waals surface area contributed by atoms with E-state index in [4.69, 9.17) is 4.74 Å². The molecule has 1 unspecified atom stereocenters. The highest BCUT2D eigenvalue weighted by Crippen LogP contribution is 2.32. The number of carbonyl (C=O) groups excluding carboxylic acids is 2. The van der Waals surface area contributed by atoms with E-state index in [0.717, 1.165) is 27.0 Å². The maximum Gasteiger partial charge on any atom is 0.308 e. The number of fused-ring (bicyclic) bond motifs is 1.